The SMILES string of the molecule is CC(=O)Nc1ccn(C(=O)N2CCC3(CCCN3C(=O)c3cc4ccc(C)cc4s3)CC2)n1. The lowest BCUT2D eigenvalue weighted by molar-refractivity contribution is -0.114. The Morgan fingerprint density at radius 3 is 2.61 bits per heavy atom. The van der Waals surface area contributed by atoms with Gasteiger partial charge in [0.25, 0.3) is 5.91 Å². The van der Waals surface area contributed by atoms with Crippen molar-refractivity contribution in [2.45, 2.75) is 45.1 Å². The summed E-state index contributed by atoms with van der Waals surface area (Å²) in [6, 6.07) is 9.69. The Morgan fingerprint density at radius 2 is 1.85 bits per heavy atom. The molecule has 3 amide bonds. The van der Waals surface area contributed by atoms with Gasteiger partial charge in [-0.3, -0.25) is 9.59 Å². The topological polar surface area (TPSA) is 87.5 Å². The number of nitrogens with zero attached hydrogens (tertiary/aromatic N) is 4. The van der Waals surface area contributed by atoms with Gasteiger partial charge < -0.3 is 15.1 Å². The highest BCUT2D eigenvalue weighted by Gasteiger charge is 2.46. The normalized spacial score (nSPS) is 17.6. The molecule has 1 aromatic carbocycles. The predicted molar refractivity (Wildman–Crippen MR) is 128 cm³/mol. The molecular weight excluding hydrogens is 438 g/mol. The Balaban J connectivity index is 1.28. The van der Waals surface area contributed by atoms with Crippen LogP contribution in [0.15, 0.2) is 36.5 Å². The van der Waals surface area contributed by atoms with Crippen molar-refractivity contribution in [3.8, 4) is 0 Å². The zero-order valence-corrected chi connectivity index (χ0v) is 19.7. The standard InChI is InChI=1S/C24H27N5O3S/c1-16-4-5-18-15-20(33-19(18)14-16)22(31)28-10-3-7-24(28)8-12-27(13-9-24)23(32)29-11-6-21(26-29)25-17(2)30/h4-6,11,14-15H,3,7-10,12-13H2,1-2H3,(H,25,26,30). The molecule has 1 N–H and O–H groups in total. The van der Waals surface area contributed by atoms with Crippen molar-refractivity contribution < 1.29 is 14.4 Å². The van der Waals surface area contributed by atoms with Crippen molar-refractivity contribution in [2.24, 2.45) is 0 Å². The van der Waals surface area contributed by atoms with E-state index in [1.54, 1.807) is 28.5 Å². The molecule has 3 aromatic rings. The van der Waals surface area contributed by atoms with Crippen LogP contribution in [0.5, 0.6) is 0 Å². The summed E-state index contributed by atoms with van der Waals surface area (Å²) in [5.74, 6) is 0.237. The van der Waals surface area contributed by atoms with E-state index in [0.717, 1.165) is 47.2 Å². The number of anilines is 1. The number of likely N-dealkylation sites (tertiary alicyclic amines) is 2. The van der Waals surface area contributed by atoms with Crippen LogP contribution in [0.3, 0.4) is 0 Å². The fraction of sp³-hybridized carbons (Fsp3) is 0.417. The van der Waals surface area contributed by atoms with E-state index in [-0.39, 0.29) is 23.4 Å². The van der Waals surface area contributed by atoms with Crippen molar-refractivity contribution in [3.05, 3.63) is 47.0 Å². The summed E-state index contributed by atoms with van der Waals surface area (Å²) in [5, 5.41) is 7.85. The number of hydrogen-bond acceptors (Lipinski definition) is 5. The highest BCUT2D eigenvalue weighted by Crippen LogP contribution is 2.40. The average Bonchev–Trinajstić information content (AvgIpc) is 3.51. The van der Waals surface area contributed by atoms with Crippen molar-refractivity contribution in [2.75, 3.05) is 25.0 Å². The summed E-state index contributed by atoms with van der Waals surface area (Å²) in [6.45, 7) is 5.38. The molecule has 0 radical (unpaired) electrons. The highest BCUT2D eigenvalue weighted by molar-refractivity contribution is 7.20. The number of carbonyl (C=O) groups is 3. The Kier molecular flexibility index (Phi) is 5.44. The lowest BCUT2D eigenvalue weighted by Crippen LogP contribution is -2.55. The minimum atomic E-state index is -0.229. The summed E-state index contributed by atoms with van der Waals surface area (Å²) in [7, 11) is 0. The van der Waals surface area contributed by atoms with Crippen LogP contribution >= 0.6 is 11.3 Å². The van der Waals surface area contributed by atoms with Crippen LogP contribution in [0.1, 0.15) is 47.8 Å². The molecular formula is C24H27N5O3S. The van der Waals surface area contributed by atoms with Crippen LogP contribution in [0.25, 0.3) is 10.1 Å². The summed E-state index contributed by atoms with van der Waals surface area (Å²) >= 11 is 1.57. The first-order chi connectivity index (χ1) is 15.8. The first kappa shape index (κ1) is 21.6. The van der Waals surface area contributed by atoms with Crippen molar-refractivity contribution in [3.63, 3.8) is 0 Å². The summed E-state index contributed by atoms with van der Waals surface area (Å²) < 4.78 is 2.41. The average molecular weight is 466 g/mol. The number of rotatable bonds is 2. The molecule has 9 heteroatoms. The largest absolute Gasteiger partial charge is 0.344 e. The van der Waals surface area contributed by atoms with Crippen LogP contribution in [0, 0.1) is 6.92 Å². The number of amides is 3. The Hall–Kier alpha value is -3.20. The van der Waals surface area contributed by atoms with Crippen LogP contribution in [-0.4, -0.2) is 62.6 Å². The smallest absolute Gasteiger partial charge is 0.332 e. The number of benzene rings is 1. The Morgan fingerprint density at radius 1 is 1.06 bits per heavy atom. The number of aryl methyl sites for hydroxylation is 1. The second-order valence-electron chi connectivity index (χ2n) is 9.03. The molecule has 2 aromatic heterocycles. The summed E-state index contributed by atoms with van der Waals surface area (Å²) in [4.78, 5) is 42.2. The number of carbonyl (C=O) groups excluding carboxylic acids is 3. The summed E-state index contributed by atoms with van der Waals surface area (Å²) in [5.41, 5.74) is 1.00. The van der Waals surface area contributed by atoms with E-state index >= 15 is 0 Å². The van der Waals surface area contributed by atoms with Crippen molar-refractivity contribution in [1.29, 1.82) is 0 Å². The Bertz CT molecular complexity index is 1240. The molecule has 2 aliphatic rings. The fourth-order valence-electron chi connectivity index (χ4n) is 5.09. The van der Waals surface area contributed by atoms with Crippen LogP contribution in [-0.2, 0) is 4.79 Å². The molecule has 33 heavy (non-hydrogen) atoms. The van der Waals surface area contributed by atoms with Gasteiger partial charge in [-0.2, -0.15) is 4.68 Å². The third-order valence-electron chi connectivity index (χ3n) is 6.78. The monoisotopic (exact) mass is 465 g/mol. The van der Waals surface area contributed by atoms with Gasteiger partial charge in [0, 0.05) is 49.1 Å². The van der Waals surface area contributed by atoms with Crippen LogP contribution in [0.4, 0.5) is 10.6 Å². The van der Waals surface area contributed by atoms with Gasteiger partial charge in [-0.25, -0.2) is 4.79 Å². The van der Waals surface area contributed by atoms with Crippen molar-refractivity contribution >= 4 is 45.1 Å². The van der Waals surface area contributed by atoms with E-state index in [4.69, 9.17) is 0 Å². The molecule has 0 unspecified atom stereocenters. The van der Waals surface area contributed by atoms with Gasteiger partial charge in [-0.1, -0.05) is 12.1 Å². The number of hydrogen-bond donors (Lipinski definition) is 1. The number of nitrogens with one attached hydrogen (secondary N) is 1. The molecule has 2 fully saturated rings. The first-order valence-electron chi connectivity index (χ1n) is 11.3. The predicted octanol–water partition coefficient (Wildman–Crippen LogP) is 4.10. The van der Waals surface area contributed by atoms with E-state index in [0.29, 0.717) is 18.9 Å². The molecule has 2 saturated heterocycles. The van der Waals surface area contributed by atoms with Gasteiger partial charge in [0.1, 0.15) is 0 Å². The van der Waals surface area contributed by atoms with Gasteiger partial charge in [0.15, 0.2) is 5.82 Å². The zero-order valence-electron chi connectivity index (χ0n) is 18.8. The van der Waals surface area contributed by atoms with E-state index in [1.807, 2.05) is 6.07 Å². The number of aromatic nitrogens is 2. The maximum absolute atomic E-state index is 13.5. The molecule has 0 aliphatic carbocycles. The van der Waals surface area contributed by atoms with Gasteiger partial charge >= 0.3 is 6.03 Å². The summed E-state index contributed by atoms with van der Waals surface area (Å²) in [6.07, 6.45) is 5.04. The van der Waals surface area contributed by atoms with Crippen LogP contribution < -0.4 is 5.32 Å². The third kappa shape index (κ3) is 4.01. The van der Waals surface area contributed by atoms with E-state index in [9.17, 15) is 14.4 Å². The number of fused-ring (bicyclic) bond motifs is 1. The maximum atomic E-state index is 13.5. The highest BCUT2D eigenvalue weighted by atomic mass is 32.1. The second kappa shape index (κ2) is 8.30. The molecule has 0 saturated carbocycles. The third-order valence-corrected chi connectivity index (χ3v) is 7.87. The second-order valence-corrected chi connectivity index (χ2v) is 10.1. The quantitative estimate of drug-likeness (QED) is 0.617. The maximum Gasteiger partial charge on any atom is 0.344 e. The van der Waals surface area contributed by atoms with Gasteiger partial charge in [0.05, 0.1) is 4.88 Å². The minimum Gasteiger partial charge on any atom is -0.332 e. The van der Waals surface area contributed by atoms with E-state index in [1.165, 1.54) is 17.2 Å². The molecule has 0 atom stereocenters. The molecule has 172 valence electrons. The number of piperidine rings is 1. The number of thiophene rings is 1. The van der Waals surface area contributed by atoms with Crippen LogP contribution in [0.2, 0.25) is 0 Å². The molecule has 5 rings (SSSR count). The fourth-order valence-corrected chi connectivity index (χ4v) is 6.20. The molecule has 8 nitrogen and oxygen atoms in total. The lowest BCUT2D eigenvalue weighted by Gasteiger charge is -2.44. The molecule has 0 bridgehead atoms. The zero-order chi connectivity index (χ0) is 23.2. The van der Waals surface area contributed by atoms with E-state index < -0.39 is 0 Å². The van der Waals surface area contributed by atoms with Crippen molar-refractivity contribution in [1.82, 2.24) is 19.6 Å². The van der Waals surface area contributed by atoms with Gasteiger partial charge in [0.2, 0.25) is 5.91 Å². The van der Waals surface area contributed by atoms with Gasteiger partial charge in [-0.15, -0.1) is 16.4 Å². The molecule has 2 aliphatic heterocycles. The van der Waals surface area contributed by atoms with Gasteiger partial charge in [-0.05, 0) is 55.7 Å². The minimum absolute atomic E-state index is 0.109. The Labute approximate surface area is 196 Å². The van der Waals surface area contributed by atoms with E-state index in [2.05, 4.69) is 40.4 Å². The first-order valence-corrected chi connectivity index (χ1v) is 12.1. The lowest BCUT2D eigenvalue weighted by atomic mass is 9.85. The molecule has 1 spiro atoms. The molecule has 4 heterocycles.